The zero-order chi connectivity index (χ0) is 24.4. The van der Waals surface area contributed by atoms with Crippen molar-refractivity contribution in [1.82, 2.24) is 14.8 Å². The summed E-state index contributed by atoms with van der Waals surface area (Å²) in [5, 5.41) is 12.5. The van der Waals surface area contributed by atoms with Crippen LogP contribution >= 0.6 is 23.1 Å². The van der Waals surface area contributed by atoms with E-state index in [1.54, 1.807) is 0 Å². The minimum Gasteiger partial charge on any atom is -0.485 e. The molecule has 0 spiro atoms. The molecule has 1 aromatic carbocycles. The van der Waals surface area contributed by atoms with Gasteiger partial charge in [0.05, 0.1) is 11.3 Å². The van der Waals surface area contributed by atoms with Gasteiger partial charge in [0.15, 0.2) is 11.0 Å². The van der Waals surface area contributed by atoms with Crippen molar-refractivity contribution in [2.75, 3.05) is 11.1 Å². The quantitative estimate of drug-likeness (QED) is 0.453. The molecule has 1 atom stereocenters. The Labute approximate surface area is 207 Å². The lowest BCUT2D eigenvalue weighted by Crippen LogP contribution is -2.20. The number of ether oxygens (including phenoxy) is 1. The van der Waals surface area contributed by atoms with Crippen molar-refractivity contribution < 1.29 is 14.3 Å². The molecule has 1 aliphatic carbocycles. The van der Waals surface area contributed by atoms with Crippen LogP contribution in [-0.2, 0) is 31.3 Å². The number of hydrogen-bond donors (Lipinski definition) is 2. The van der Waals surface area contributed by atoms with E-state index in [-0.39, 0.29) is 18.3 Å². The number of carbonyl (C=O) groups is 2. The van der Waals surface area contributed by atoms with E-state index in [1.165, 1.54) is 28.7 Å². The molecule has 0 radical (unpaired) electrons. The summed E-state index contributed by atoms with van der Waals surface area (Å²) in [4.78, 5) is 25.9. The van der Waals surface area contributed by atoms with Gasteiger partial charge in [0, 0.05) is 11.9 Å². The molecule has 0 saturated carbocycles. The molecule has 2 amide bonds. The molecule has 34 heavy (non-hydrogen) atoms. The topological polar surface area (TPSA) is 112 Å². The Bertz CT molecular complexity index is 1230. The van der Waals surface area contributed by atoms with Gasteiger partial charge < -0.3 is 20.4 Å². The van der Waals surface area contributed by atoms with Crippen LogP contribution in [0, 0.1) is 19.8 Å². The summed E-state index contributed by atoms with van der Waals surface area (Å²) >= 11 is 2.75. The minimum atomic E-state index is -0.489. The molecule has 2 heterocycles. The van der Waals surface area contributed by atoms with E-state index >= 15 is 0 Å². The molecular weight excluding hydrogens is 470 g/mol. The predicted octanol–water partition coefficient (Wildman–Crippen LogP) is 4.03. The molecule has 8 nitrogen and oxygen atoms in total. The predicted molar refractivity (Wildman–Crippen MR) is 135 cm³/mol. The third-order valence-electron chi connectivity index (χ3n) is 5.96. The maximum Gasteiger partial charge on any atom is 0.251 e. The summed E-state index contributed by atoms with van der Waals surface area (Å²) in [6.07, 6.45) is 2.76. The standard InChI is InChI=1S/C24H29N5O3S2/c1-13-6-8-17(15(3)9-13)32-11-19-27-28-24(29(19)4)33-12-20(30)26-23-21(22(25)31)16-7-5-14(2)10-18(16)34-23/h6,8-9,14H,5,7,10-12H2,1-4H3,(H2,25,31)(H,26,30)/t14-/m1/s1. The van der Waals surface area contributed by atoms with Gasteiger partial charge in [-0.3, -0.25) is 9.59 Å². The number of thioether (sulfide) groups is 1. The van der Waals surface area contributed by atoms with Gasteiger partial charge >= 0.3 is 0 Å². The lowest BCUT2D eigenvalue weighted by molar-refractivity contribution is -0.113. The van der Waals surface area contributed by atoms with E-state index in [1.807, 2.05) is 37.6 Å². The molecule has 2 aromatic heterocycles. The van der Waals surface area contributed by atoms with Gasteiger partial charge in [-0.05, 0) is 56.2 Å². The van der Waals surface area contributed by atoms with Crippen LogP contribution in [-0.4, -0.2) is 32.3 Å². The Morgan fingerprint density at radius 3 is 2.85 bits per heavy atom. The molecule has 0 fully saturated rings. The summed E-state index contributed by atoms with van der Waals surface area (Å²) in [5.74, 6) is 1.47. The van der Waals surface area contributed by atoms with Crippen molar-refractivity contribution in [3.63, 3.8) is 0 Å². The fourth-order valence-corrected chi connectivity index (χ4v) is 6.25. The fourth-order valence-electron chi connectivity index (χ4n) is 4.09. The second-order valence-corrected chi connectivity index (χ2v) is 10.8. The molecule has 0 bridgehead atoms. The first kappa shape index (κ1) is 24.3. The third-order valence-corrected chi connectivity index (χ3v) is 8.15. The van der Waals surface area contributed by atoms with Crippen LogP contribution < -0.4 is 15.8 Å². The van der Waals surface area contributed by atoms with E-state index in [4.69, 9.17) is 10.5 Å². The van der Waals surface area contributed by atoms with Crippen LogP contribution in [0.1, 0.15) is 51.1 Å². The molecule has 10 heteroatoms. The lowest BCUT2D eigenvalue weighted by atomic mass is 9.88. The first-order valence-electron chi connectivity index (χ1n) is 11.2. The smallest absolute Gasteiger partial charge is 0.251 e. The van der Waals surface area contributed by atoms with Gasteiger partial charge in [0.2, 0.25) is 5.91 Å². The molecule has 3 aromatic rings. The molecule has 180 valence electrons. The highest BCUT2D eigenvalue weighted by molar-refractivity contribution is 7.99. The average Bonchev–Trinajstić information content (AvgIpc) is 3.30. The van der Waals surface area contributed by atoms with Crippen LogP contribution in [0.5, 0.6) is 5.75 Å². The average molecular weight is 500 g/mol. The highest BCUT2D eigenvalue weighted by Crippen LogP contribution is 2.39. The molecule has 0 aliphatic heterocycles. The highest BCUT2D eigenvalue weighted by Gasteiger charge is 2.27. The van der Waals surface area contributed by atoms with Gasteiger partial charge in [-0.25, -0.2) is 0 Å². The van der Waals surface area contributed by atoms with E-state index < -0.39 is 5.91 Å². The van der Waals surface area contributed by atoms with Crippen molar-refractivity contribution in [1.29, 1.82) is 0 Å². The van der Waals surface area contributed by atoms with Crippen molar-refractivity contribution >= 4 is 39.9 Å². The third kappa shape index (κ3) is 5.28. The number of aryl methyl sites for hydroxylation is 2. The molecule has 1 aliphatic rings. The van der Waals surface area contributed by atoms with E-state index in [0.717, 1.165) is 41.0 Å². The number of fused-ring (bicyclic) bond motifs is 1. The van der Waals surface area contributed by atoms with E-state index in [0.29, 0.717) is 27.5 Å². The Hall–Kier alpha value is -2.85. The molecule has 0 saturated heterocycles. The monoisotopic (exact) mass is 499 g/mol. The van der Waals surface area contributed by atoms with Gasteiger partial charge in [-0.1, -0.05) is 36.4 Å². The fraction of sp³-hybridized carbons (Fsp3) is 0.417. The largest absolute Gasteiger partial charge is 0.485 e. The van der Waals surface area contributed by atoms with Crippen LogP contribution in [0.15, 0.2) is 23.4 Å². The first-order valence-corrected chi connectivity index (χ1v) is 13.0. The molecule has 0 unspecified atom stereocenters. The lowest BCUT2D eigenvalue weighted by Gasteiger charge is -2.18. The Kier molecular flexibility index (Phi) is 7.27. The summed E-state index contributed by atoms with van der Waals surface area (Å²) in [7, 11) is 1.85. The number of amides is 2. The van der Waals surface area contributed by atoms with Crippen molar-refractivity contribution in [3.8, 4) is 5.75 Å². The van der Waals surface area contributed by atoms with Crippen LogP contribution in [0.4, 0.5) is 5.00 Å². The van der Waals surface area contributed by atoms with Gasteiger partial charge in [-0.2, -0.15) is 0 Å². The number of benzene rings is 1. The Balaban J connectivity index is 1.37. The first-order chi connectivity index (χ1) is 16.2. The van der Waals surface area contributed by atoms with E-state index in [9.17, 15) is 9.59 Å². The maximum atomic E-state index is 12.7. The van der Waals surface area contributed by atoms with Crippen LogP contribution in [0.2, 0.25) is 0 Å². The van der Waals surface area contributed by atoms with Crippen molar-refractivity contribution in [2.24, 2.45) is 18.7 Å². The number of anilines is 1. The van der Waals surface area contributed by atoms with Crippen molar-refractivity contribution in [2.45, 2.75) is 51.8 Å². The molecular formula is C24H29N5O3S2. The second-order valence-electron chi connectivity index (χ2n) is 8.77. The van der Waals surface area contributed by atoms with Crippen LogP contribution in [0.3, 0.4) is 0 Å². The number of nitrogens with one attached hydrogen (secondary N) is 1. The van der Waals surface area contributed by atoms with Crippen LogP contribution in [0.25, 0.3) is 0 Å². The Morgan fingerprint density at radius 2 is 2.12 bits per heavy atom. The number of thiophene rings is 1. The summed E-state index contributed by atoms with van der Waals surface area (Å²) in [5.41, 5.74) is 9.36. The SMILES string of the molecule is Cc1ccc(OCc2nnc(SCC(=O)Nc3sc4c(c3C(N)=O)CC[C@@H](C)C4)n2C)c(C)c1. The van der Waals surface area contributed by atoms with Gasteiger partial charge in [0.1, 0.15) is 17.4 Å². The number of nitrogens with zero attached hydrogens (tertiary/aromatic N) is 3. The van der Waals surface area contributed by atoms with Crippen molar-refractivity contribution in [3.05, 3.63) is 51.2 Å². The number of carbonyl (C=O) groups excluding carboxylic acids is 2. The number of nitrogens with two attached hydrogens (primary N) is 1. The Morgan fingerprint density at radius 1 is 1.32 bits per heavy atom. The number of hydrogen-bond acceptors (Lipinski definition) is 7. The minimum absolute atomic E-state index is 0.140. The number of primary amides is 1. The number of aromatic nitrogens is 3. The van der Waals surface area contributed by atoms with Gasteiger partial charge in [-0.15, -0.1) is 21.5 Å². The van der Waals surface area contributed by atoms with Gasteiger partial charge in [0.25, 0.3) is 5.91 Å². The summed E-state index contributed by atoms with van der Waals surface area (Å²) in [6, 6.07) is 6.03. The molecule has 4 rings (SSSR count). The number of rotatable bonds is 8. The zero-order valence-corrected chi connectivity index (χ0v) is 21.4. The summed E-state index contributed by atoms with van der Waals surface area (Å²) < 4.78 is 7.73. The molecule has 3 N–H and O–H groups in total. The second kappa shape index (κ2) is 10.2. The summed E-state index contributed by atoms with van der Waals surface area (Å²) in [6.45, 7) is 6.53. The normalized spacial score (nSPS) is 15.1. The highest BCUT2D eigenvalue weighted by atomic mass is 32.2. The van der Waals surface area contributed by atoms with E-state index in [2.05, 4.69) is 28.5 Å². The zero-order valence-electron chi connectivity index (χ0n) is 19.8. The maximum absolute atomic E-state index is 12.7.